The number of hydrogen-bond donors (Lipinski definition) is 4. The summed E-state index contributed by atoms with van der Waals surface area (Å²) in [6.45, 7) is 3.48. The molecule has 2 aromatic carbocycles. The first-order valence-electron chi connectivity index (χ1n) is 22.8. The molecule has 16 nitrogen and oxygen atoms in total. The van der Waals surface area contributed by atoms with E-state index in [2.05, 4.69) is 20.4 Å². The van der Waals surface area contributed by atoms with Gasteiger partial charge in [0.1, 0.15) is 25.3 Å². The lowest BCUT2D eigenvalue weighted by molar-refractivity contribution is -0.149. The fourth-order valence-corrected chi connectivity index (χ4v) is 8.68. The van der Waals surface area contributed by atoms with Gasteiger partial charge in [-0.2, -0.15) is 0 Å². The summed E-state index contributed by atoms with van der Waals surface area (Å²) in [5.41, 5.74) is 15.9. The summed E-state index contributed by atoms with van der Waals surface area (Å²) in [6, 6.07) is 12.3. The van der Waals surface area contributed by atoms with Crippen LogP contribution >= 0.6 is 46.4 Å². The standard InChI is InChI=1S/C46H66Cl4N8O8/c47-15-21-55(22-16-48)35-11-7-33(8-12-35)29-37(51)45(63)65-27-25-57-41(59)31-39(43(57)61)53-19-5-3-1-2-4-6-20-54-40-32-42(60)58(44(40)62)26-28-66-46(64)38(52)30-34-9-13-36(14-10-34)56(23-17-49)24-18-50/h7-14,37-40,53-54H,1-6,15-32,51-52H2/t37-,38-,39?,40?/m0/s1. The van der Waals surface area contributed by atoms with Gasteiger partial charge in [0, 0.05) is 61.1 Å². The van der Waals surface area contributed by atoms with Crippen LogP contribution in [0.4, 0.5) is 11.4 Å². The fourth-order valence-electron chi connectivity index (χ4n) is 7.86. The predicted molar refractivity (Wildman–Crippen MR) is 259 cm³/mol. The maximum absolute atomic E-state index is 12.9. The number of nitrogens with two attached hydrogens (primary N) is 2. The highest BCUT2D eigenvalue weighted by Gasteiger charge is 2.39. The average molecular weight is 1000 g/mol. The molecule has 2 aliphatic heterocycles. The van der Waals surface area contributed by atoms with Crippen molar-refractivity contribution in [3.8, 4) is 0 Å². The number of nitrogens with one attached hydrogen (secondary N) is 2. The molecule has 2 aliphatic rings. The molecule has 0 aliphatic carbocycles. The quantitative estimate of drug-likeness (QED) is 0.0349. The van der Waals surface area contributed by atoms with E-state index < -0.39 is 36.1 Å². The molecular weight excluding hydrogens is 934 g/mol. The highest BCUT2D eigenvalue weighted by molar-refractivity contribution is 6.19. The Balaban J connectivity index is 1.00. The second-order valence-electron chi connectivity index (χ2n) is 16.3. The highest BCUT2D eigenvalue weighted by Crippen LogP contribution is 2.19. The number of carbonyl (C=O) groups excluding carboxylic acids is 6. The minimum atomic E-state index is -0.900. The molecule has 66 heavy (non-hydrogen) atoms. The Bertz CT molecular complexity index is 1710. The van der Waals surface area contributed by atoms with Crippen LogP contribution in [0.15, 0.2) is 48.5 Å². The van der Waals surface area contributed by atoms with Crippen LogP contribution in [0.3, 0.4) is 0 Å². The molecule has 0 saturated carbocycles. The second kappa shape index (κ2) is 29.9. The van der Waals surface area contributed by atoms with E-state index in [-0.39, 0.29) is 75.6 Å². The molecule has 2 heterocycles. The number of likely N-dealkylation sites (tertiary alicyclic amines) is 2. The topological polar surface area (TPSA) is 210 Å². The van der Waals surface area contributed by atoms with E-state index in [0.717, 1.165) is 70.8 Å². The van der Waals surface area contributed by atoms with Crippen LogP contribution in [0.1, 0.15) is 62.5 Å². The van der Waals surface area contributed by atoms with Crippen molar-refractivity contribution < 1.29 is 38.2 Å². The molecule has 2 saturated heterocycles. The van der Waals surface area contributed by atoms with Crippen molar-refractivity contribution in [2.75, 3.05) is 98.9 Å². The van der Waals surface area contributed by atoms with Gasteiger partial charge in [0.25, 0.3) is 0 Å². The van der Waals surface area contributed by atoms with Crippen LogP contribution in [-0.2, 0) is 51.1 Å². The maximum Gasteiger partial charge on any atom is 0.323 e. The molecule has 0 aromatic heterocycles. The van der Waals surface area contributed by atoms with Gasteiger partial charge in [0.2, 0.25) is 23.6 Å². The SMILES string of the molecule is N[C@@H](Cc1ccc(N(CCCl)CCCl)cc1)C(=O)OCCN1C(=O)CC(NCCCCCCCCNC2CC(=O)N(CCOC(=O)[C@@H](N)Cc3ccc(N(CCCl)CCCl)cc3)C2=O)C1=O. The highest BCUT2D eigenvalue weighted by atomic mass is 35.5. The number of nitrogens with zero attached hydrogens (tertiary/aromatic N) is 4. The molecule has 2 aromatic rings. The summed E-state index contributed by atoms with van der Waals surface area (Å²) in [5, 5.41) is 6.38. The third kappa shape index (κ3) is 17.7. The van der Waals surface area contributed by atoms with Gasteiger partial charge in [-0.3, -0.25) is 38.6 Å². The van der Waals surface area contributed by atoms with E-state index in [1.165, 1.54) is 0 Å². The van der Waals surface area contributed by atoms with Gasteiger partial charge in [-0.15, -0.1) is 46.4 Å². The largest absolute Gasteiger partial charge is 0.463 e. The number of halogens is 4. The molecule has 2 fully saturated rings. The lowest BCUT2D eigenvalue weighted by Crippen LogP contribution is -2.41. The normalized spacial score (nSPS) is 17.1. The summed E-state index contributed by atoms with van der Waals surface area (Å²) >= 11 is 23.6. The van der Waals surface area contributed by atoms with Crippen LogP contribution in [0, 0.1) is 0 Å². The monoisotopic (exact) mass is 998 g/mol. The first-order chi connectivity index (χ1) is 31.9. The van der Waals surface area contributed by atoms with Gasteiger partial charge >= 0.3 is 11.9 Å². The lowest BCUT2D eigenvalue weighted by Gasteiger charge is -2.23. The second-order valence-corrected chi connectivity index (χ2v) is 17.8. The zero-order valence-electron chi connectivity index (χ0n) is 37.6. The summed E-state index contributed by atoms with van der Waals surface area (Å²) < 4.78 is 10.6. The van der Waals surface area contributed by atoms with Crippen molar-refractivity contribution >= 4 is 93.3 Å². The van der Waals surface area contributed by atoms with Gasteiger partial charge in [-0.1, -0.05) is 49.9 Å². The minimum Gasteiger partial charge on any atom is -0.463 e. The number of imide groups is 2. The van der Waals surface area contributed by atoms with Crippen molar-refractivity contribution in [1.29, 1.82) is 0 Å². The van der Waals surface area contributed by atoms with Crippen LogP contribution < -0.4 is 31.9 Å². The van der Waals surface area contributed by atoms with Crippen molar-refractivity contribution in [3.63, 3.8) is 0 Å². The molecule has 2 unspecified atom stereocenters. The van der Waals surface area contributed by atoms with Crippen LogP contribution in [-0.4, -0.2) is 159 Å². The Morgan fingerprint density at radius 3 is 1.24 bits per heavy atom. The summed E-state index contributed by atoms with van der Waals surface area (Å²) in [4.78, 5) is 82.6. The van der Waals surface area contributed by atoms with Crippen LogP contribution in [0.2, 0.25) is 0 Å². The predicted octanol–water partition coefficient (Wildman–Crippen LogP) is 3.56. The molecule has 20 heteroatoms. The zero-order chi connectivity index (χ0) is 47.8. The fraction of sp³-hybridized carbons (Fsp3) is 0.609. The number of carbonyl (C=O) groups is 6. The van der Waals surface area contributed by atoms with Crippen molar-refractivity contribution in [2.45, 2.75) is 88.4 Å². The number of benzene rings is 2. The first-order valence-corrected chi connectivity index (χ1v) is 25.0. The van der Waals surface area contributed by atoms with E-state index >= 15 is 0 Å². The van der Waals surface area contributed by atoms with E-state index in [0.29, 0.717) is 62.8 Å². The van der Waals surface area contributed by atoms with Crippen molar-refractivity contribution in [1.82, 2.24) is 20.4 Å². The number of unbranched alkanes of at least 4 members (excludes halogenated alkanes) is 5. The smallest absolute Gasteiger partial charge is 0.323 e. The van der Waals surface area contributed by atoms with Crippen molar-refractivity contribution in [2.24, 2.45) is 11.5 Å². The van der Waals surface area contributed by atoms with Gasteiger partial charge in [-0.25, -0.2) is 0 Å². The van der Waals surface area contributed by atoms with E-state index in [4.69, 9.17) is 67.3 Å². The molecule has 0 spiro atoms. The molecular formula is C46H66Cl4N8O8. The number of rotatable bonds is 33. The number of amides is 4. The Morgan fingerprint density at radius 2 is 0.909 bits per heavy atom. The van der Waals surface area contributed by atoms with Gasteiger partial charge in [-0.05, 0) is 74.2 Å². The van der Waals surface area contributed by atoms with Crippen LogP contribution in [0.5, 0.6) is 0 Å². The Hall–Kier alpha value is -3.74. The van der Waals surface area contributed by atoms with Crippen LogP contribution in [0.25, 0.3) is 0 Å². The third-order valence-electron chi connectivity index (χ3n) is 11.5. The number of anilines is 2. The summed E-state index contributed by atoms with van der Waals surface area (Å²) in [7, 11) is 0. The number of alkyl halides is 4. The van der Waals surface area contributed by atoms with Gasteiger partial charge in [0.15, 0.2) is 0 Å². The number of esters is 2. The summed E-state index contributed by atoms with van der Waals surface area (Å²) in [5.74, 6) is -0.614. The molecule has 4 rings (SSSR count). The van der Waals surface area contributed by atoms with E-state index in [1.807, 2.05) is 48.5 Å². The third-order valence-corrected chi connectivity index (χ3v) is 12.2. The Morgan fingerprint density at radius 1 is 0.576 bits per heavy atom. The van der Waals surface area contributed by atoms with Gasteiger partial charge in [0.05, 0.1) is 38.0 Å². The maximum atomic E-state index is 12.9. The molecule has 4 atom stereocenters. The molecule has 0 radical (unpaired) electrons. The van der Waals surface area contributed by atoms with Gasteiger partial charge < -0.3 is 41.4 Å². The zero-order valence-corrected chi connectivity index (χ0v) is 40.6. The molecule has 4 amide bonds. The molecule has 0 bridgehead atoms. The number of hydrogen-bond acceptors (Lipinski definition) is 14. The minimum absolute atomic E-state index is 0.0325. The lowest BCUT2D eigenvalue weighted by atomic mass is 10.1. The van der Waals surface area contributed by atoms with E-state index in [9.17, 15) is 28.8 Å². The first kappa shape index (κ1) is 54.9. The Labute approximate surface area is 408 Å². The molecule has 366 valence electrons. The number of ether oxygens (including phenoxy) is 2. The molecule has 6 N–H and O–H groups in total. The average Bonchev–Trinajstić information content (AvgIpc) is 3.73. The van der Waals surface area contributed by atoms with Crippen molar-refractivity contribution in [3.05, 3.63) is 59.7 Å². The van der Waals surface area contributed by atoms with E-state index in [1.54, 1.807) is 0 Å². The summed E-state index contributed by atoms with van der Waals surface area (Å²) in [6.07, 6.45) is 6.17. The Kier molecular flexibility index (Phi) is 24.9.